The van der Waals surface area contributed by atoms with Crippen LogP contribution in [0.25, 0.3) is 0 Å². The molecule has 12 heteroatoms. The molecular weight excluding hydrogens is 460 g/mol. The van der Waals surface area contributed by atoms with Crippen LogP contribution in [0.5, 0.6) is 5.75 Å². The summed E-state index contributed by atoms with van der Waals surface area (Å²) >= 11 is 0. The third-order valence-electron chi connectivity index (χ3n) is 6.00. The van der Waals surface area contributed by atoms with E-state index < -0.39 is 54.3 Å². The van der Waals surface area contributed by atoms with Crippen LogP contribution in [0.1, 0.15) is 60.0 Å². The van der Waals surface area contributed by atoms with Crippen molar-refractivity contribution in [3.8, 4) is 5.75 Å². The summed E-state index contributed by atoms with van der Waals surface area (Å²) in [6.07, 6.45) is -0.864. The third kappa shape index (κ3) is 5.58. The average Bonchev–Trinajstić information content (AvgIpc) is 2.94. The number of amides is 4. The van der Waals surface area contributed by atoms with Gasteiger partial charge in [-0.25, -0.2) is 10.0 Å². The number of carboxylic acids is 1. The zero-order valence-electron chi connectivity index (χ0n) is 19.4. The van der Waals surface area contributed by atoms with Crippen molar-refractivity contribution >= 4 is 35.9 Å². The summed E-state index contributed by atoms with van der Waals surface area (Å²) in [6, 6.07) is 0.761. The van der Waals surface area contributed by atoms with E-state index in [1.54, 1.807) is 19.9 Å². The fourth-order valence-corrected chi connectivity index (χ4v) is 4.41. The number of fused-ring (bicyclic) bond motifs is 1. The predicted octanol–water partition coefficient (Wildman–Crippen LogP) is 0.142. The third-order valence-corrected chi connectivity index (χ3v) is 6.00. The number of rotatable bonds is 7. The Balaban J connectivity index is 1.87. The number of phenols is 1. The average molecular weight is 488 g/mol. The SMILES string of the molecule is Cc1cc(C)c(O)c(C(=O)NC2CCC(C(=O)NC(C=O)CC(=O)O)N3C(=O)CCCC(=O)N23)c1. The Labute approximate surface area is 201 Å². The molecule has 2 heterocycles. The number of aldehydes is 1. The summed E-state index contributed by atoms with van der Waals surface area (Å²) in [5, 5.41) is 26.3. The lowest BCUT2D eigenvalue weighted by Gasteiger charge is -2.47. The fraction of sp³-hybridized carbons (Fsp3) is 0.478. The highest BCUT2D eigenvalue weighted by atomic mass is 16.4. The van der Waals surface area contributed by atoms with Crippen LogP contribution in [0.4, 0.5) is 0 Å². The largest absolute Gasteiger partial charge is 0.507 e. The maximum atomic E-state index is 13.0. The van der Waals surface area contributed by atoms with Crippen molar-refractivity contribution in [3.05, 3.63) is 28.8 Å². The Morgan fingerprint density at radius 3 is 2.40 bits per heavy atom. The van der Waals surface area contributed by atoms with Crippen molar-refractivity contribution in [1.29, 1.82) is 0 Å². The molecule has 0 radical (unpaired) electrons. The van der Waals surface area contributed by atoms with Crippen LogP contribution in [0.15, 0.2) is 12.1 Å². The molecule has 0 aromatic heterocycles. The van der Waals surface area contributed by atoms with Crippen LogP contribution in [0.3, 0.4) is 0 Å². The molecule has 3 rings (SSSR count). The topological polar surface area (TPSA) is 173 Å². The molecule has 188 valence electrons. The van der Waals surface area contributed by atoms with E-state index in [2.05, 4.69) is 10.6 Å². The molecule has 4 amide bonds. The molecule has 0 bridgehead atoms. The van der Waals surface area contributed by atoms with E-state index in [0.717, 1.165) is 15.6 Å². The van der Waals surface area contributed by atoms with Crippen LogP contribution in [0, 0.1) is 13.8 Å². The van der Waals surface area contributed by atoms with Crippen LogP contribution >= 0.6 is 0 Å². The highest BCUT2D eigenvalue weighted by molar-refractivity contribution is 5.98. The Hall–Kier alpha value is -3.96. The fourth-order valence-electron chi connectivity index (χ4n) is 4.41. The Kier molecular flexibility index (Phi) is 7.72. The normalized spacial score (nSPS) is 21.0. The summed E-state index contributed by atoms with van der Waals surface area (Å²) in [4.78, 5) is 73.9. The summed E-state index contributed by atoms with van der Waals surface area (Å²) in [7, 11) is 0. The monoisotopic (exact) mass is 488 g/mol. The first-order valence-electron chi connectivity index (χ1n) is 11.3. The second kappa shape index (κ2) is 10.5. The number of carbonyl (C=O) groups is 6. The van der Waals surface area contributed by atoms with E-state index in [-0.39, 0.29) is 43.4 Å². The van der Waals surface area contributed by atoms with Gasteiger partial charge in [0.05, 0.1) is 18.0 Å². The van der Waals surface area contributed by atoms with Gasteiger partial charge in [-0.05, 0) is 50.3 Å². The molecular formula is C23H28N4O8. The molecule has 0 saturated carbocycles. The summed E-state index contributed by atoms with van der Waals surface area (Å²) in [5.41, 5.74) is 1.27. The number of nitrogens with one attached hydrogen (secondary N) is 2. The lowest BCUT2D eigenvalue weighted by molar-refractivity contribution is -0.184. The molecule has 1 aromatic rings. The number of nitrogens with zero attached hydrogens (tertiary/aromatic N) is 2. The number of benzene rings is 1. The van der Waals surface area contributed by atoms with Gasteiger partial charge in [-0.3, -0.25) is 24.0 Å². The summed E-state index contributed by atoms with van der Waals surface area (Å²) in [6.45, 7) is 3.42. The molecule has 3 atom stereocenters. The van der Waals surface area contributed by atoms with Crippen LogP contribution < -0.4 is 10.6 Å². The first-order chi connectivity index (χ1) is 16.5. The smallest absolute Gasteiger partial charge is 0.305 e. The number of aliphatic carboxylic acids is 1. The van der Waals surface area contributed by atoms with Crippen molar-refractivity contribution in [1.82, 2.24) is 20.7 Å². The van der Waals surface area contributed by atoms with Gasteiger partial charge in [-0.15, -0.1) is 0 Å². The maximum absolute atomic E-state index is 13.0. The van der Waals surface area contributed by atoms with E-state index in [1.807, 2.05) is 0 Å². The highest BCUT2D eigenvalue weighted by Gasteiger charge is 2.46. The summed E-state index contributed by atoms with van der Waals surface area (Å²) < 4.78 is 0. The number of phenolic OH excluding ortho intramolecular Hbond substituents is 1. The van der Waals surface area contributed by atoms with Gasteiger partial charge in [0.2, 0.25) is 17.7 Å². The van der Waals surface area contributed by atoms with Gasteiger partial charge in [-0.2, -0.15) is 0 Å². The zero-order valence-corrected chi connectivity index (χ0v) is 19.4. The Morgan fingerprint density at radius 1 is 1.11 bits per heavy atom. The number of carbonyl (C=O) groups excluding carboxylic acids is 5. The van der Waals surface area contributed by atoms with Crippen molar-refractivity contribution in [2.45, 2.75) is 70.6 Å². The molecule has 12 nitrogen and oxygen atoms in total. The van der Waals surface area contributed by atoms with Gasteiger partial charge in [0.15, 0.2) is 0 Å². The van der Waals surface area contributed by atoms with Gasteiger partial charge in [0.25, 0.3) is 5.91 Å². The van der Waals surface area contributed by atoms with Crippen LogP contribution in [0.2, 0.25) is 0 Å². The number of hydrazine groups is 1. The van der Waals surface area contributed by atoms with Crippen molar-refractivity contribution < 1.29 is 39.0 Å². The van der Waals surface area contributed by atoms with Gasteiger partial charge in [-0.1, -0.05) is 6.07 Å². The van der Waals surface area contributed by atoms with Crippen molar-refractivity contribution in [2.75, 3.05) is 0 Å². The maximum Gasteiger partial charge on any atom is 0.305 e. The highest BCUT2D eigenvalue weighted by Crippen LogP contribution is 2.29. The molecule has 2 fully saturated rings. The van der Waals surface area contributed by atoms with E-state index in [9.17, 15) is 33.9 Å². The van der Waals surface area contributed by atoms with Crippen LogP contribution in [-0.2, 0) is 24.0 Å². The zero-order chi connectivity index (χ0) is 25.9. The number of aryl methyl sites for hydroxylation is 2. The minimum Gasteiger partial charge on any atom is -0.507 e. The Morgan fingerprint density at radius 2 is 1.77 bits per heavy atom. The van der Waals surface area contributed by atoms with Gasteiger partial charge in [0, 0.05) is 12.8 Å². The lowest BCUT2D eigenvalue weighted by Crippen LogP contribution is -2.68. The van der Waals surface area contributed by atoms with Gasteiger partial charge in [0.1, 0.15) is 24.2 Å². The summed E-state index contributed by atoms with van der Waals surface area (Å²) in [5.74, 6) is -3.88. The van der Waals surface area contributed by atoms with E-state index in [0.29, 0.717) is 11.8 Å². The molecule has 2 saturated heterocycles. The number of hydrogen-bond donors (Lipinski definition) is 4. The number of aromatic hydroxyl groups is 1. The second-order valence-corrected chi connectivity index (χ2v) is 8.74. The van der Waals surface area contributed by atoms with Crippen molar-refractivity contribution in [2.24, 2.45) is 0 Å². The van der Waals surface area contributed by atoms with Gasteiger partial charge < -0.3 is 25.6 Å². The minimum atomic E-state index is -1.30. The standard InChI is InChI=1S/C23H28N4O8/c1-12-8-13(2)21(33)15(9-12)22(34)25-17-7-6-16(23(35)24-14(11-28)10-20(31)32)26-18(29)4-3-5-19(30)27(17)26/h8-9,11,14,16-17,33H,3-7,10H2,1-2H3,(H,24,35)(H,25,34)(H,31,32). The molecule has 0 spiro atoms. The molecule has 35 heavy (non-hydrogen) atoms. The quantitative estimate of drug-likeness (QED) is 0.392. The predicted molar refractivity (Wildman–Crippen MR) is 120 cm³/mol. The lowest BCUT2D eigenvalue weighted by atomic mass is 10.0. The number of hydrogen-bond acceptors (Lipinski definition) is 7. The minimum absolute atomic E-state index is 0.00319. The number of carboxylic acid groups (broad SMARTS) is 1. The Bertz CT molecular complexity index is 1070. The molecule has 3 unspecified atom stereocenters. The molecule has 4 N–H and O–H groups in total. The van der Waals surface area contributed by atoms with Crippen LogP contribution in [-0.4, -0.2) is 74.4 Å². The van der Waals surface area contributed by atoms with Gasteiger partial charge >= 0.3 is 5.97 Å². The van der Waals surface area contributed by atoms with E-state index >= 15 is 0 Å². The van der Waals surface area contributed by atoms with E-state index in [4.69, 9.17) is 5.11 Å². The first kappa shape index (κ1) is 25.7. The van der Waals surface area contributed by atoms with Crippen molar-refractivity contribution in [3.63, 3.8) is 0 Å². The molecule has 2 aliphatic rings. The molecule has 0 aliphatic carbocycles. The van der Waals surface area contributed by atoms with E-state index in [1.165, 1.54) is 6.07 Å². The second-order valence-electron chi connectivity index (χ2n) is 8.74. The molecule has 2 aliphatic heterocycles. The first-order valence-corrected chi connectivity index (χ1v) is 11.3. The molecule has 1 aromatic carbocycles.